The fourth-order valence-corrected chi connectivity index (χ4v) is 1.75. The average molecular weight is 266 g/mol. The number of pyridine rings is 1. The summed E-state index contributed by atoms with van der Waals surface area (Å²) in [5, 5.41) is 8.12. The molecule has 0 bridgehead atoms. The van der Waals surface area contributed by atoms with Crippen LogP contribution in [0.4, 0.5) is 0 Å². The van der Waals surface area contributed by atoms with Gasteiger partial charge in [-0.05, 0) is 12.1 Å². The molecule has 3 aromatic rings. The van der Waals surface area contributed by atoms with Gasteiger partial charge < -0.3 is 4.98 Å². The van der Waals surface area contributed by atoms with Crippen LogP contribution >= 0.6 is 23.2 Å². The Balaban J connectivity index is 2.21. The first-order valence-electron chi connectivity index (χ1n) is 4.73. The maximum absolute atomic E-state index is 5.88. The van der Waals surface area contributed by atoms with Crippen LogP contribution in [-0.4, -0.2) is 25.1 Å². The largest absolute Gasteiger partial charge is 0.336 e. The zero-order valence-corrected chi connectivity index (χ0v) is 9.87. The molecule has 0 fully saturated rings. The predicted molar refractivity (Wildman–Crippen MR) is 64.9 cm³/mol. The van der Waals surface area contributed by atoms with Crippen LogP contribution in [0.5, 0.6) is 0 Å². The lowest BCUT2D eigenvalue weighted by Gasteiger charge is -1.92. The van der Waals surface area contributed by atoms with Crippen LogP contribution in [0.2, 0.25) is 10.2 Å². The third-order valence-corrected chi connectivity index (χ3v) is 2.91. The molecule has 0 saturated heterocycles. The lowest BCUT2D eigenvalue weighted by atomic mass is 10.3. The molecule has 0 saturated carbocycles. The summed E-state index contributed by atoms with van der Waals surface area (Å²) in [5.74, 6) is 0.653. The van der Waals surface area contributed by atoms with Gasteiger partial charge in [-0.1, -0.05) is 23.2 Å². The summed E-state index contributed by atoms with van der Waals surface area (Å²) in [7, 11) is 0. The zero-order chi connectivity index (χ0) is 11.8. The van der Waals surface area contributed by atoms with Gasteiger partial charge in [0.2, 0.25) is 0 Å². The third-order valence-electron chi connectivity index (χ3n) is 2.24. The molecule has 5 nitrogen and oxygen atoms in total. The Bertz CT molecular complexity index is 641. The molecule has 0 amide bonds. The quantitative estimate of drug-likeness (QED) is 0.687. The Hall–Kier alpha value is -1.72. The van der Waals surface area contributed by atoms with Crippen molar-refractivity contribution in [3.8, 4) is 11.4 Å². The minimum Gasteiger partial charge on any atom is -0.336 e. The van der Waals surface area contributed by atoms with Gasteiger partial charge in [0.05, 0.1) is 22.9 Å². The van der Waals surface area contributed by atoms with Gasteiger partial charge in [-0.2, -0.15) is 10.2 Å². The van der Waals surface area contributed by atoms with Crippen molar-refractivity contribution in [3.63, 3.8) is 0 Å². The second-order valence-corrected chi connectivity index (χ2v) is 4.11. The van der Waals surface area contributed by atoms with Crippen LogP contribution in [0.15, 0.2) is 24.5 Å². The molecule has 0 aliphatic heterocycles. The number of hydrogen-bond donors (Lipinski definition) is 1. The van der Waals surface area contributed by atoms with Gasteiger partial charge in [0.1, 0.15) is 11.0 Å². The summed E-state index contributed by atoms with van der Waals surface area (Å²) < 4.78 is 0. The molecule has 3 rings (SSSR count). The molecule has 17 heavy (non-hydrogen) atoms. The van der Waals surface area contributed by atoms with Crippen molar-refractivity contribution >= 4 is 34.4 Å². The van der Waals surface area contributed by atoms with E-state index in [1.807, 2.05) is 0 Å². The molecule has 3 aromatic heterocycles. The van der Waals surface area contributed by atoms with E-state index in [0.717, 1.165) is 11.1 Å². The van der Waals surface area contributed by atoms with Crippen LogP contribution in [0.3, 0.4) is 0 Å². The third kappa shape index (κ3) is 1.83. The van der Waals surface area contributed by atoms with Crippen LogP contribution in [0.25, 0.3) is 22.6 Å². The Labute approximate surface area is 106 Å². The Morgan fingerprint density at radius 2 is 2.00 bits per heavy atom. The van der Waals surface area contributed by atoms with Crippen LogP contribution < -0.4 is 0 Å². The molecule has 84 valence electrons. The monoisotopic (exact) mass is 265 g/mol. The van der Waals surface area contributed by atoms with Gasteiger partial charge in [0, 0.05) is 5.56 Å². The highest BCUT2D eigenvalue weighted by Gasteiger charge is 2.09. The molecular formula is C10H5Cl2N5. The van der Waals surface area contributed by atoms with Crippen LogP contribution in [-0.2, 0) is 0 Å². The van der Waals surface area contributed by atoms with E-state index in [2.05, 4.69) is 25.1 Å². The van der Waals surface area contributed by atoms with Crippen LogP contribution in [0.1, 0.15) is 0 Å². The van der Waals surface area contributed by atoms with Crippen molar-refractivity contribution in [3.05, 3.63) is 34.7 Å². The first-order chi connectivity index (χ1) is 8.24. The summed E-state index contributed by atoms with van der Waals surface area (Å²) in [5.41, 5.74) is 2.07. The fraction of sp³-hybridized carbons (Fsp3) is 0. The fourth-order valence-electron chi connectivity index (χ4n) is 1.46. The molecule has 1 N–H and O–H groups in total. The van der Waals surface area contributed by atoms with E-state index in [9.17, 15) is 0 Å². The number of fused-ring (bicyclic) bond motifs is 1. The molecule has 0 unspecified atom stereocenters. The summed E-state index contributed by atoms with van der Waals surface area (Å²) >= 11 is 11.7. The molecule has 0 spiro atoms. The lowest BCUT2D eigenvalue weighted by Crippen LogP contribution is -1.83. The second-order valence-electron chi connectivity index (χ2n) is 3.35. The van der Waals surface area contributed by atoms with Gasteiger partial charge in [0.25, 0.3) is 0 Å². The number of hydrogen-bond acceptors (Lipinski definition) is 4. The molecule has 7 heteroatoms. The number of aromatic nitrogens is 5. The SMILES string of the molecule is Clc1cc2[nH]c(-c3ccnnc3)nc2nc1Cl. The van der Waals surface area contributed by atoms with E-state index in [1.165, 1.54) is 0 Å². The maximum Gasteiger partial charge on any atom is 0.179 e. The predicted octanol–water partition coefficient (Wildman–Crippen LogP) is 2.72. The number of H-pyrrole nitrogens is 1. The number of nitrogens with zero attached hydrogens (tertiary/aromatic N) is 4. The topological polar surface area (TPSA) is 67.3 Å². The van der Waals surface area contributed by atoms with E-state index in [1.54, 1.807) is 24.5 Å². The Morgan fingerprint density at radius 3 is 2.76 bits per heavy atom. The highest BCUT2D eigenvalue weighted by molar-refractivity contribution is 6.41. The number of aromatic amines is 1. The van der Waals surface area contributed by atoms with Gasteiger partial charge in [-0.25, -0.2) is 9.97 Å². The van der Waals surface area contributed by atoms with Crippen molar-refractivity contribution in [2.24, 2.45) is 0 Å². The van der Waals surface area contributed by atoms with E-state index in [0.29, 0.717) is 16.5 Å². The minimum absolute atomic E-state index is 0.241. The second kappa shape index (κ2) is 3.94. The van der Waals surface area contributed by atoms with E-state index >= 15 is 0 Å². The normalized spacial score (nSPS) is 10.9. The van der Waals surface area contributed by atoms with Crippen LogP contribution in [0, 0.1) is 0 Å². The molecule has 3 heterocycles. The van der Waals surface area contributed by atoms with Gasteiger partial charge in [-0.15, -0.1) is 0 Å². The standard InChI is InChI=1S/C10H5Cl2N5/c11-6-3-7-10(16-8(6)12)17-9(15-7)5-1-2-13-14-4-5/h1-4H,(H,15,16,17). The molecule has 0 aliphatic rings. The molecule has 0 aromatic carbocycles. The Kier molecular flexibility index (Phi) is 2.42. The van der Waals surface area contributed by atoms with E-state index in [4.69, 9.17) is 23.2 Å². The summed E-state index contributed by atoms with van der Waals surface area (Å²) in [4.78, 5) is 11.5. The van der Waals surface area contributed by atoms with E-state index < -0.39 is 0 Å². The number of halogens is 2. The highest BCUT2D eigenvalue weighted by atomic mass is 35.5. The van der Waals surface area contributed by atoms with Gasteiger partial charge in [0.15, 0.2) is 5.65 Å². The van der Waals surface area contributed by atoms with Crippen molar-refractivity contribution in [1.82, 2.24) is 25.1 Å². The summed E-state index contributed by atoms with van der Waals surface area (Å²) in [6.45, 7) is 0. The smallest absolute Gasteiger partial charge is 0.179 e. The number of nitrogens with one attached hydrogen (secondary N) is 1. The molecular weight excluding hydrogens is 261 g/mol. The van der Waals surface area contributed by atoms with Crippen molar-refractivity contribution in [1.29, 1.82) is 0 Å². The van der Waals surface area contributed by atoms with Crippen molar-refractivity contribution in [2.75, 3.05) is 0 Å². The number of rotatable bonds is 1. The molecule has 0 atom stereocenters. The highest BCUT2D eigenvalue weighted by Crippen LogP contribution is 2.25. The van der Waals surface area contributed by atoms with Gasteiger partial charge in [-0.3, -0.25) is 0 Å². The Morgan fingerprint density at radius 1 is 1.12 bits per heavy atom. The first-order valence-corrected chi connectivity index (χ1v) is 5.48. The molecule has 0 aliphatic carbocycles. The summed E-state index contributed by atoms with van der Waals surface area (Å²) in [6, 6.07) is 3.49. The average Bonchev–Trinajstić information content (AvgIpc) is 2.74. The minimum atomic E-state index is 0.241. The lowest BCUT2D eigenvalue weighted by molar-refractivity contribution is 1.03. The number of imidazole rings is 1. The van der Waals surface area contributed by atoms with Gasteiger partial charge >= 0.3 is 0 Å². The molecule has 0 radical (unpaired) electrons. The van der Waals surface area contributed by atoms with Crippen molar-refractivity contribution < 1.29 is 0 Å². The first kappa shape index (κ1) is 10.4. The van der Waals surface area contributed by atoms with E-state index in [-0.39, 0.29) is 5.15 Å². The summed E-state index contributed by atoms with van der Waals surface area (Å²) in [6.07, 6.45) is 3.21. The van der Waals surface area contributed by atoms with Crippen molar-refractivity contribution in [2.45, 2.75) is 0 Å². The maximum atomic E-state index is 5.88. The zero-order valence-electron chi connectivity index (χ0n) is 8.35.